The molecule has 7 heteroatoms. The standard InChI is InChI=1S/C13H11ClFN3O2/c14-9-2-1-3-10(15)8(9)6-11-17-18-13(20-11)12(19)16-7-4-5-7/h1-3,7H,4-6H2,(H,16,19). The second-order valence-corrected chi connectivity index (χ2v) is 5.03. The van der Waals surface area contributed by atoms with Crippen LogP contribution in [0.1, 0.15) is 35.0 Å². The van der Waals surface area contributed by atoms with Crippen molar-refractivity contribution in [2.75, 3.05) is 0 Å². The van der Waals surface area contributed by atoms with Crippen molar-refractivity contribution in [1.82, 2.24) is 15.5 Å². The molecular formula is C13H11ClFN3O2. The van der Waals surface area contributed by atoms with E-state index in [0.717, 1.165) is 12.8 Å². The molecule has 104 valence electrons. The highest BCUT2D eigenvalue weighted by Gasteiger charge is 2.26. The zero-order chi connectivity index (χ0) is 14.1. The number of nitrogens with one attached hydrogen (secondary N) is 1. The van der Waals surface area contributed by atoms with Crippen LogP contribution < -0.4 is 5.32 Å². The minimum Gasteiger partial charge on any atom is -0.417 e. The normalized spacial score (nSPS) is 14.3. The van der Waals surface area contributed by atoms with Gasteiger partial charge in [0.25, 0.3) is 0 Å². The number of hydrogen-bond donors (Lipinski definition) is 1. The molecule has 20 heavy (non-hydrogen) atoms. The Labute approximate surface area is 119 Å². The number of carbonyl (C=O) groups excluding carboxylic acids is 1. The summed E-state index contributed by atoms with van der Waals surface area (Å²) in [5, 5.41) is 10.4. The van der Waals surface area contributed by atoms with Crippen molar-refractivity contribution in [3.05, 3.63) is 46.4 Å². The SMILES string of the molecule is O=C(NC1CC1)c1nnc(Cc2c(F)cccc2Cl)o1. The number of carbonyl (C=O) groups is 1. The quantitative estimate of drug-likeness (QED) is 0.940. The lowest BCUT2D eigenvalue weighted by Gasteiger charge is -2.02. The van der Waals surface area contributed by atoms with E-state index in [-0.39, 0.29) is 34.8 Å². The molecule has 1 aliphatic rings. The average molecular weight is 296 g/mol. The van der Waals surface area contributed by atoms with Gasteiger partial charge in [0, 0.05) is 16.6 Å². The summed E-state index contributed by atoms with van der Waals surface area (Å²) in [6, 6.07) is 4.61. The zero-order valence-corrected chi connectivity index (χ0v) is 11.2. The van der Waals surface area contributed by atoms with E-state index in [9.17, 15) is 9.18 Å². The first-order valence-corrected chi connectivity index (χ1v) is 6.57. The molecule has 0 saturated heterocycles. The minimum atomic E-state index is -0.445. The van der Waals surface area contributed by atoms with Crippen LogP contribution in [0, 0.1) is 5.82 Å². The van der Waals surface area contributed by atoms with Crippen molar-refractivity contribution < 1.29 is 13.6 Å². The van der Waals surface area contributed by atoms with Crippen molar-refractivity contribution in [3.8, 4) is 0 Å². The number of benzene rings is 1. The van der Waals surface area contributed by atoms with Gasteiger partial charge in [0.05, 0.1) is 6.42 Å². The van der Waals surface area contributed by atoms with Crippen LogP contribution in [0.3, 0.4) is 0 Å². The smallest absolute Gasteiger partial charge is 0.309 e. The average Bonchev–Trinajstić information content (AvgIpc) is 3.10. The molecule has 2 aromatic rings. The van der Waals surface area contributed by atoms with Gasteiger partial charge >= 0.3 is 11.8 Å². The lowest BCUT2D eigenvalue weighted by molar-refractivity contribution is 0.0914. The highest BCUT2D eigenvalue weighted by Crippen LogP contribution is 2.22. The van der Waals surface area contributed by atoms with E-state index in [0.29, 0.717) is 0 Å². The van der Waals surface area contributed by atoms with Crippen molar-refractivity contribution in [1.29, 1.82) is 0 Å². The highest BCUT2D eigenvalue weighted by molar-refractivity contribution is 6.31. The Balaban J connectivity index is 1.75. The van der Waals surface area contributed by atoms with Gasteiger partial charge in [0.15, 0.2) is 0 Å². The van der Waals surface area contributed by atoms with Crippen molar-refractivity contribution in [3.63, 3.8) is 0 Å². The maximum Gasteiger partial charge on any atom is 0.309 e. The van der Waals surface area contributed by atoms with Crippen LogP contribution in [0.4, 0.5) is 4.39 Å². The molecule has 1 aromatic carbocycles. The van der Waals surface area contributed by atoms with Crippen molar-refractivity contribution in [2.45, 2.75) is 25.3 Å². The number of hydrogen-bond acceptors (Lipinski definition) is 4. The van der Waals surface area contributed by atoms with Crippen molar-refractivity contribution in [2.24, 2.45) is 0 Å². The topological polar surface area (TPSA) is 68.0 Å². The van der Waals surface area contributed by atoms with Gasteiger partial charge in [-0.2, -0.15) is 0 Å². The largest absolute Gasteiger partial charge is 0.417 e. The third-order valence-electron chi connectivity index (χ3n) is 2.96. The Kier molecular flexibility index (Phi) is 3.40. The summed E-state index contributed by atoms with van der Waals surface area (Å²) in [5.74, 6) is -0.803. The molecule has 1 N–H and O–H groups in total. The van der Waals surface area contributed by atoms with Crippen LogP contribution in [0.15, 0.2) is 22.6 Å². The van der Waals surface area contributed by atoms with E-state index < -0.39 is 11.7 Å². The number of nitrogens with zero attached hydrogens (tertiary/aromatic N) is 2. The number of halogens is 2. The first-order chi connectivity index (χ1) is 9.63. The number of amides is 1. The molecule has 1 saturated carbocycles. The van der Waals surface area contributed by atoms with E-state index in [2.05, 4.69) is 15.5 Å². The first kappa shape index (κ1) is 13.1. The van der Waals surface area contributed by atoms with Gasteiger partial charge in [0.1, 0.15) is 5.82 Å². The summed E-state index contributed by atoms with van der Waals surface area (Å²) in [7, 11) is 0. The third kappa shape index (κ3) is 2.80. The third-order valence-corrected chi connectivity index (χ3v) is 3.32. The molecule has 0 aliphatic heterocycles. The second kappa shape index (κ2) is 5.20. The highest BCUT2D eigenvalue weighted by atomic mass is 35.5. The fourth-order valence-electron chi connectivity index (χ4n) is 1.74. The summed E-state index contributed by atoms with van der Waals surface area (Å²) in [6.45, 7) is 0. The van der Waals surface area contributed by atoms with Gasteiger partial charge in [-0.3, -0.25) is 4.79 Å². The van der Waals surface area contributed by atoms with E-state index in [1.165, 1.54) is 12.1 Å². The zero-order valence-electron chi connectivity index (χ0n) is 10.4. The Hall–Kier alpha value is -1.95. The fourth-order valence-corrected chi connectivity index (χ4v) is 1.97. The molecule has 0 radical (unpaired) electrons. The fraction of sp³-hybridized carbons (Fsp3) is 0.308. The molecule has 5 nitrogen and oxygen atoms in total. The summed E-state index contributed by atoms with van der Waals surface area (Å²) >= 11 is 5.92. The molecule has 0 spiro atoms. The van der Waals surface area contributed by atoms with E-state index >= 15 is 0 Å². The Morgan fingerprint density at radius 1 is 1.45 bits per heavy atom. The molecule has 1 heterocycles. The molecule has 1 aliphatic carbocycles. The molecule has 1 aromatic heterocycles. The predicted molar refractivity (Wildman–Crippen MR) is 69.0 cm³/mol. The summed E-state index contributed by atoms with van der Waals surface area (Å²) < 4.78 is 18.9. The van der Waals surface area contributed by atoms with Crippen LogP contribution in [-0.2, 0) is 6.42 Å². The number of aromatic nitrogens is 2. The summed E-state index contributed by atoms with van der Waals surface area (Å²) in [6.07, 6.45) is 1.99. The predicted octanol–water partition coefficient (Wildman–Crippen LogP) is 2.35. The Morgan fingerprint density at radius 2 is 2.25 bits per heavy atom. The van der Waals surface area contributed by atoms with Crippen molar-refractivity contribution >= 4 is 17.5 Å². The number of rotatable bonds is 4. The molecule has 3 rings (SSSR count). The van der Waals surface area contributed by atoms with Crippen LogP contribution >= 0.6 is 11.6 Å². The van der Waals surface area contributed by atoms with Gasteiger partial charge in [-0.25, -0.2) is 4.39 Å². The second-order valence-electron chi connectivity index (χ2n) is 4.63. The molecule has 0 atom stereocenters. The van der Waals surface area contributed by atoms with Crippen LogP contribution in [0.5, 0.6) is 0 Å². The molecular weight excluding hydrogens is 285 g/mol. The monoisotopic (exact) mass is 295 g/mol. The van der Waals surface area contributed by atoms with E-state index in [1.807, 2.05) is 0 Å². The van der Waals surface area contributed by atoms with Gasteiger partial charge in [0.2, 0.25) is 5.89 Å². The Morgan fingerprint density at radius 3 is 2.95 bits per heavy atom. The van der Waals surface area contributed by atoms with Gasteiger partial charge < -0.3 is 9.73 Å². The Bertz CT molecular complexity index is 635. The molecule has 1 amide bonds. The van der Waals surface area contributed by atoms with Gasteiger partial charge in [-0.05, 0) is 25.0 Å². The van der Waals surface area contributed by atoms with Gasteiger partial charge in [-0.15, -0.1) is 10.2 Å². The first-order valence-electron chi connectivity index (χ1n) is 6.19. The van der Waals surface area contributed by atoms with Gasteiger partial charge in [-0.1, -0.05) is 17.7 Å². The molecule has 1 fully saturated rings. The summed E-state index contributed by atoms with van der Waals surface area (Å²) in [5.41, 5.74) is 0.270. The van der Waals surface area contributed by atoms with Crippen LogP contribution in [0.2, 0.25) is 5.02 Å². The lowest BCUT2D eigenvalue weighted by atomic mass is 10.1. The van der Waals surface area contributed by atoms with E-state index in [4.69, 9.17) is 16.0 Å². The van der Waals surface area contributed by atoms with E-state index in [1.54, 1.807) is 6.07 Å². The summed E-state index contributed by atoms with van der Waals surface area (Å²) in [4.78, 5) is 11.7. The minimum absolute atomic E-state index is 0.0508. The lowest BCUT2D eigenvalue weighted by Crippen LogP contribution is -2.25. The van der Waals surface area contributed by atoms with Crippen LogP contribution in [0.25, 0.3) is 0 Å². The molecule has 0 bridgehead atoms. The maximum absolute atomic E-state index is 13.6. The maximum atomic E-state index is 13.6. The van der Waals surface area contributed by atoms with Crippen LogP contribution in [-0.4, -0.2) is 22.1 Å². The molecule has 0 unspecified atom stereocenters.